The van der Waals surface area contributed by atoms with Crippen molar-refractivity contribution in [3.63, 3.8) is 0 Å². The van der Waals surface area contributed by atoms with E-state index < -0.39 is 17.9 Å². The number of Topliss-reactive ketones (excluding diaryl/α,β-unsaturated/α-hetero) is 1. The average molecular weight is 160 g/mol. The molecule has 0 saturated carbocycles. The molecule has 0 saturated heterocycles. The van der Waals surface area contributed by atoms with Crippen molar-refractivity contribution >= 4 is 11.8 Å². The van der Waals surface area contributed by atoms with E-state index in [1.165, 1.54) is 0 Å². The molecule has 0 rings (SSSR count). The molecule has 0 amide bonds. The van der Waals surface area contributed by atoms with Crippen molar-refractivity contribution in [3.05, 3.63) is 0 Å². The van der Waals surface area contributed by atoms with Crippen molar-refractivity contribution in [2.75, 3.05) is 0 Å². The highest BCUT2D eigenvalue weighted by atomic mass is 16.4. The summed E-state index contributed by atoms with van der Waals surface area (Å²) in [4.78, 5) is 20.8. The number of carboxylic acid groups (broad SMARTS) is 1. The van der Waals surface area contributed by atoms with Crippen LogP contribution >= 0.6 is 0 Å². The Morgan fingerprint density at radius 2 is 1.82 bits per heavy atom. The Kier molecular flexibility index (Phi) is 3.74. The van der Waals surface area contributed by atoms with Crippen LogP contribution in [0.5, 0.6) is 0 Å². The lowest BCUT2D eigenvalue weighted by Crippen LogP contribution is -2.30. The molecule has 0 fully saturated rings. The van der Waals surface area contributed by atoms with Crippen LogP contribution in [0.15, 0.2) is 0 Å². The Morgan fingerprint density at radius 3 is 2.09 bits per heavy atom. The highest BCUT2D eigenvalue weighted by molar-refractivity contribution is 6.00. The summed E-state index contributed by atoms with van der Waals surface area (Å²) in [5.74, 6) is -2.03. The lowest BCUT2D eigenvalue weighted by atomic mass is 10.0. The molecule has 0 aromatic heterocycles. The van der Waals surface area contributed by atoms with Gasteiger partial charge in [-0.25, -0.2) is 4.79 Å². The van der Waals surface area contributed by atoms with Gasteiger partial charge < -0.3 is 10.2 Å². The quantitative estimate of drug-likeness (QED) is 0.570. The fourth-order valence-corrected chi connectivity index (χ4v) is 0.652. The second kappa shape index (κ2) is 4.08. The lowest BCUT2D eigenvalue weighted by Gasteiger charge is -2.05. The molecule has 0 aliphatic rings. The van der Waals surface area contributed by atoms with Crippen LogP contribution in [0.25, 0.3) is 0 Å². The van der Waals surface area contributed by atoms with E-state index in [4.69, 9.17) is 10.2 Å². The Morgan fingerprint density at radius 1 is 1.36 bits per heavy atom. The summed E-state index contributed by atoms with van der Waals surface area (Å²) in [6, 6.07) is 0. The van der Waals surface area contributed by atoms with E-state index >= 15 is 0 Å². The Bertz CT molecular complexity index is 162. The lowest BCUT2D eigenvalue weighted by molar-refractivity contribution is -0.152. The maximum Gasteiger partial charge on any atom is 0.340 e. The van der Waals surface area contributed by atoms with Gasteiger partial charge in [0, 0.05) is 6.42 Å². The normalized spacial score (nSPS) is 13.1. The maximum absolute atomic E-state index is 10.8. The standard InChI is InChI=1S/C7H12O4/c1-4(2)3-5(8)6(9)7(10)11/h4,6,9H,3H2,1-2H3,(H,10,11). The maximum atomic E-state index is 10.8. The van der Waals surface area contributed by atoms with Gasteiger partial charge in [-0.15, -0.1) is 0 Å². The summed E-state index contributed by atoms with van der Waals surface area (Å²) in [6.07, 6.45) is -1.75. The Hall–Kier alpha value is -0.900. The number of aliphatic hydroxyl groups excluding tert-OH is 1. The number of aliphatic hydroxyl groups is 1. The molecule has 4 heteroatoms. The van der Waals surface area contributed by atoms with Crippen molar-refractivity contribution in [2.24, 2.45) is 5.92 Å². The summed E-state index contributed by atoms with van der Waals surface area (Å²) < 4.78 is 0. The molecule has 4 nitrogen and oxygen atoms in total. The molecular weight excluding hydrogens is 148 g/mol. The molecule has 0 aromatic carbocycles. The summed E-state index contributed by atoms with van der Waals surface area (Å²) in [7, 11) is 0. The van der Waals surface area contributed by atoms with E-state index in [1.807, 2.05) is 0 Å². The van der Waals surface area contributed by atoms with Crippen molar-refractivity contribution in [2.45, 2.75) is 26.4 Å². The van der Waals surface area contributed by atoms with Gasteiger partial charge in [-0.1, -0.05) is 13.8 Å². The molecule has 2 N–H and O–H groups in total. The van der Waals surface area contributed by atoms with E-state index in [1.54, 1.807) is 13.8 Å². The number of carbonyl (C=O) groups excluding carboxylic acids is 1. The third kappa shape index (κ3) is 3.72. The number of ketones is 1. The highest BCUT2D eigenvalue weighted by Crippen LogP contribution is 2.02. The van der Waals surface area contributed by atoms with Crippen LogP contribution in [0, 0.1) is 5.92 Å². The third-order valence-electron chi connectivity index (χ3n) is 1.15. The number of aliphatic carboxylic acids is 1. The number of carboxylic acids is 1. The zero-order chi connectivity index (χ0) is 9.02. The van der Waals surface area contributed by atoms with Gasteiger partial charge in [0.1, 0.15) is 0 Å². The van der Waals surface area contributed by atoms with Gasteiger partial charge in [-0.05, 0) is 5.92 Å². The van der Waals surface area contributed by atoms with Crippen LogP contribution in [0.4, 0.5) is 0 Å². The minimum atomic E-state index is -1.85. The average Bonchev–Trinajstić information content (AvgIpc) is 1.84. The van der Waals surface area contributed by atoms with Crippen LogP contribution < -0.4 is 0 Å². The van der Waals surface area contributed by atoms with Crippen LogP contribution in [0.2, 0.25) is 0 Å². The predicted molar refractivity (Wildman–Crippen MR) is 38.1 cm³/mol. The summed E-state index contributed by atoms with van der Waals surface area (Å²) >= 11 is 0. The van der Waals surface area contributed by atoms with Gasteiger partial charge in [0.25, 0.3) is 0 Å². The Balaban J connectivity index is 3.93. The van der Waals surface area contributed by atoms with E-state index in [-0.39, 0.29) is 12.3 Å². The smallest absolute Gasteiger partial charge is 0.340 e. The first kappa shape index (κ1) is 10.1. The summed E-state index contributed by atoms with van der Waals surface area (Å²) in [5.41, 5.74) is 0. The number of hydrogen-bond acceptors (Lipinski definition) is 3. The highest BCUT2D eigenvalue weighted by Gasteiger charge is 2.22. The van der Waals surface area contributed by atoms with Crippen LogP contribution in [0.1, 0.15) is 20.3 Å². The van der Waals surface area contributed by atoms with Gasteiger partial charge in [-0.2, -0.15) is 0 Å². The second-order valence-electron chi connectivity index (χ2n) is 2.81. The van der Waals surface area contributed by atoms with Gasteiger partial charge in [0.05, 0.1) is 0 Å². The van der Waals surface area contributed by atoms with Crippen LogP contribution in [-0.2, 0) is 9.59 Å². The zero-order valence-electron chi connectivity index (χ0n) is 6.57. The van der Waals surface area contributed by atoms with E-state index in [0.717, 1.165) is 0 Å². The topological polar surface area (TPSA) is 74.6 Å². The van der Waals surface area contributed by atoms with Crippen molar-refractivity contribution in [3.8, 4) is 0 Å². The van der Waals surface area contributed by atoms with Crippen LogP contribution in [-0.4, -0.2) is 28.1 Å². The molecule has 0 spiro atoms. The van der Waals surface area contributed by atoms with E-state index in [0.29, 0.717) is 0 Å². The molecule has 64 valence electrons. The fraction of sp³-hybridized carbons (Fsp3) is 0.714. The second-order valence-corrected chi connectivity index (χ2v) is 2.81. The molecule has 0 aromatic rings. The molecule has 1 unspecified atom stereocenters. The van der Waals surface area contributed by atoms with E-state index in [2.05, 4.69) is 0 Å². The molecule has 0 aliphatic carbocycles. The zero-order valence-corrected chi connectivity index (χ0v) is 6.57. The van der Waals surface area contributed by atoms with Crippen molar-refractivity contribution in [1.82, 2.24) is 0 Å². The first-order chi connectivity index (χ1) is 4.95. The minimum Gasteiger partial charge on any atom is -0.479 e. The molecular formula is C7H12O4. The molecule has 0 heterocycles. The van der Waals surface area contributed by atoms with Crippen molar-refractivity contribution in [1.29, 1.82) is 0 Å². The van der Waals surface area contributed by atoms with E-state index in [9.17, 15) is 9.59 Å². The summed E-state index contributed by atoms with van der Waals surface area (Å²) in [5, 5.41) is 16.9. The first-order valence-corrected chi connectivity index (χ1v) is 3.38. The molecule has 1 atom stereocenters. The fourth-order valence-electron chi connectivity index (χ4n) is 0.652. The van der Waals surface area contributed by atoms with Gasteiger partial charge >= 0.3 is 5.97 Å². The van der Waals surface area contributed by atoms with Gasteiger partial charge in [0.15, 0.2) is 5.78 Å². The molecule has 11 heavy (non-hydrogen) atoms. The largest absolute Gasteiger partial charge is 0.479 e. The molecule has 0 radical (unpaired) electrons. The number of hydrogen-bond donors (Lipinski definition) is 2. The molecule has 0 aliphatic heterocycles. The predicted octanol–water partition coefficient (Wildman–Crippen LogP) is 0.0471. The SMILES string of the molecule is CC(C)CC(=O)C(O)C(=O)O. The Labute approximate surface area is 64.8 Å². The minimum absolute atomic E-state index is 0.0801. The third-order valence-corrected chi connectivity index (χ3v) is 1.15. The van der Waals surface area contributed by atoms with Gasteiger partial charge in [0.2, 0.25) is 6.10 Å². The number of carbonyl (C=O) groups is 2. The summed E-state index contributed by atoms with van der Waals surface area (Å²) in [6.45, 7) is 3.57. The van der Waals surface area contributed by atoms with Gasteiger partial charge in [-0.3, -0.25) is 4.79 Å². The molecule has 0 bridgehead atoms. The van der Waals surface area contributed by atoms with Crippen LogP contribution in [0.3, 0.4) is 0 Å². The first-order valence-electron chi connectivity index (χ1n) is 3.38. The van der Waals surface area contributed by atoms with Crippen molar-refractivity contribution < 1.29 is 19.8 Å². The number of rotatable bonds is 4. The monoisotopic (exact) mass is 160 g/mol.